The van der Waals surface area contributed by atoms with Crippen molar-refractivity contribution in [1.82, 2.24) is 0 Å². The lowest BCUT2D eigenvalue weighted by Crippen LogP contribution is -2.32. The summed E-state index contributed by atoms with van der Waals surface area (Å²) in [6, 6.07) is 2.52. The van der Waals surface area contributed by atoms with Gasteiger partial charge in [0.05, 0.1) is 0 Å². The molecule has 0 radical (unpaired) electrons. The molecule has 1 aliphatic rings. The Balaban J connectivity index is 2.44. The predicted molar refractivity (Wildman–Crippen MR) is 63.9 cm³/mol. The summed E-state index contributed by atoms with van der Waals surface area (Å²) >= 11 is 0. The largest absolute Gasteiger partial charge is 0.534 e. The van der Waals surface area contributed by atoms with Gasteiger partial charge in [0, 0.05) is 6.07 Å². The molecule has 0 spiro atoms. The van der Waals surface area contributed by atoms with E-state index in [4.69, 9.17) is 4.74 Å². The minimum Gasteiger partial charge on any atom is -0.470 e. The van der Waals surface area contributed by atoms with Crippen LogP contribution in [0.4, 0.5) is 13.2 Å². The van der Waals surface area contributed by atoms with Crippen LogP contribution in [0.15, 0.2) is 23.1 Å². The molecular weight excluding hydrogens is 337 g/mol. The highest BCUT2D eigenvalue weighted by Crippen LogP contribution is 2.43. The molecule has 0 aliphatic carbocycles. The first-order valence-corrected chi connectivity index (χ1v) is 8.25. The highest BCUT2D eigenvalue weighted by molar-refractivity contribution is 7.93. The van der Waals surface area contributed by atoms with Crippen molar-refractivity contribution in [2.75, 3.05) is 0 Å². The van der Waals surface area contributed by atoms with E-state index in [1.807, 2.05) is 0 Å². The minimum atomic E-state index is -5.83. The number of ether oxygens (including phenoxy) is 1. The van der Waals surface area contributed by atoms with Crippen LogP contribution in [0.3, 0.4) is 0 Å². The van der Waals surface area contributed by atoms with Gasteiger partial charge in [0.25, 0.3) is 0 Å². The van der Waals surface area contributed by atoms with Crippen molar-refractivity contribution < 1.29 is 38.9 Å². The van der Waals surface area contributed by atoms with Crippen LogP contribution in [0.25, 0.3) is 0 Å². The van der Waals surface area contributed by atoms with Gasteiger partial charge in [-0.1, -0.05) is 0 Å². The Labute approximate surface area is 118 Å². The van der Waals surface area contributed by atoms with Crippen molar-refractivity contribution in [3.8, 4) is 11.5 Å². The predicted octanol–water partition coefficient (Wildman–Crippen LogP) is 1.82. The third kappa shape index (κ3) is 2.44. The quantitative estimate of drug-likeness (QED) is 0.600. The molecule has 0 saturated heterocycles. The van der Waals surface area contributed by atoms with Crippen LogP contribution in [0, 0.1) is 0 Å². The first kappa shape index (κ1) is 15.9. The molecule has 21 heavy (non-hydrogen) atoms. The molecule has 1 aromatic carbocycles. The molecule has 6 nitrogen and oxygen atoms in total. The normalized spacial score (nSPS) is 19.7. The molecule has 118 valence electrons. The fraction of sp³-hybridized carbons (Fsp3) is 0.400. The average Bonchev–Trinajstić information content (AvgIpc) is 2.42. The van der Waals surface area contributed by atoms with Gasteiger partial charge in [-0.05, 0) is 26.0 Å². The van der Waals surface area contributed by atoms with E-state index < -0.39 is 36.1 Å². The second-order valence-electron chi connectivity index (χ2n) is 4.60. The summed E-state index contributed by atoms with van der Waals surface area (Å²) < 4.78 is 91.3. The molecule has 0 fully saturated rings. The van der Waals surface area contributed by atoms with E-state index in [-0.39, 0.29) is 10.6 Å². The van der Waals surface area contributed by atoms with Gasteiger partial charge in [0.1, 0.15) is 16.4 Å². The van der Waals surface area contributed by atoms with Gasteiger partial charge in [0.15, 0.2) is 0 Å². The van der Waals surface area contributed by atoms with Gasteiger partial charge in [-0.2, -0.15) is 21.6 Å². The number of alkyl halides is 3. The third-order valence-corrected chi connectivity index (χ3v) is 5.97. The average molecular weight is 346 g/mol. The van der Waals surface area contributed by atoms with Crippen LogP contribution in [0.2, 0.25) is 0 Å². The lowest BCUT2D eigenvalue weighted by Gasteiger charge is -2.15. The van der Waals surface area contributed by atoms with Gasteiger partial charge >= 0.3 is 15.6 Å². The van der Waals surface area contributed by atoms with E-state index in [0.29, 0.717) is 0 Å². The maximum Gasteiger partial charge on any atom is 0.534 e. The summed E-state index contributed by atoms with van der Waals surface area (Å²) in [6.45, 7) is 2.52. The molecule has 0 bridgehead atoms. The Morgan fingerprint density at radius 1 is 1.24 bits per heavy atom. The highest BCUT2D eigenvalue weighted by atomic mass is 32.2. The molecule has 0 unspecified atom stereocenters. The van der Waals surface area contributed by atoms with Gasteiger partial charge < -0.3 is 8.92 Å². The zero-order valence-corrected chi connectivity index (χ0v) is 12.3. The standard InChI is InChI=1S/C10H9F3O6S2/c1-9(2)18-7-5-6(3-4-8(7)20(9,14)15)19-21(16,17)10(11,12)13/h3-5H,1-2H3. The first-order chi connectivity index (χ1) is 9.28. The molecule has 0 aromatic heterocycles. The van der Waals surface area contributed by atoms with Crippen LogP contribution in [0.5, 0.6) is 11.5 Å². The van der Waals surface area contributed by atoms with Crippen molar-refractivity contribution in [3.05, 3.63) is 18.2 Å². The lowest BCUT2D eigenvalue weighted by atomic mass is 10.3. The second-order valence-corrected chi connectivity index (χ2v) is 8.56. The summed E-state index contributed by atoms with van der Waals surface area (Å²) in [5.74, 6) is -0.964. The van der Waals surface area contributed by atoms with Crippen molar-refractivity contribution in [2.24, 2.45) is 0 Å². The van der Waals surface area contributed by atoms with E-state index in [0.717, 1.165) is 18.2 Å². The first-order valence-electron chi connectivity index (χ1n) is 5.36. The van der Waals surface area contributed by atoms with E-state index >= 15 is 0 Å². The van der Waals surface area contributed by atoms with E-state index in [2.05, 4.69) is 4.18 Å². The number of fused-ring (bicyclic) bond motifs is 1. The monoisotopic (exact) mass is 346 g/mol. The summed E-state index contributed by atoms with van der Waals surface area (Å²) in [6.07, 6.45) is 0. The van der Waals surface area contributed by atoms with Crippen LogP contribution < -0.4 is 8.92 Å². The summed E-state index contributed by atoms with van der Waals surface area (Å²) in [7, 11) is -9.65. The fourth-order valence-corrected chi connectivity index (χ4v) is 3.39. The SMILES string of the molecule is CC1(C)Oc2cc(OS(=O)(=O)C(F)(F)F)ccc2S1(=O)=O. The third-order valence-electron chi connectivity index (χ3n) is 2.70. The Morgan fingerprint density at radius 2 is 1.81 bits per heavy atom. The number of benzene rings is 1. The topological polar surface area (TPSA) is 86.7 Å². The van der Waals surface area contributed by atoms with Crippen LogP contribution >= 0.6 is 0 Å². The molecule has 11 heteroatoms. The Morgan fingerprint density at radius 3 is 2.33 bits per heavy atom. The van der Waals surface area contributed by atoms with Crippen LogP contribution in [-0.2, 0) is 20.0 Å². The molecule has 0 atom stereocenters. The maximum atomic E-state index is 12.2. The smallest absolute Gasteiger partial charge is 0.470 e. The van der Waals surface area contributed by atoms with E-state index in [1.54, 1.807) is 0 Å². The molecule has 0 amide bonds. The van der Waals surface area contributed by atoms with Crippen molar-refractivity contribution in [3.63, 3.8) is 0 Å². The molecule has 1 aromatic rings. The van der Waals surface area contributed by atoms with Crippen LogP contribution in [0.1, 0.15) is 13.8 Å². The van der Waals surface area contributed by atoms with Gasteiger partial charge in [0.2, 0.25) is 14.8 Å². The van der Waals surface area contributed by atoms with E-state index in [9.17, 15) is 30.0 Å². The summed E-state index contributed by atoms with van der Waals surface area (Å²) in [5, 5.41) is 0. The fourth-order valence-electron chi connectivity index (χ4n) is 1.60. The minimum absolute atomic E-state index is 0.246. The second kappa shape index (κ2) is 4.26. The van der Waals surface area contributed by atoms with Crippen LogP contribution in [-0.4, -0.2) is 27.3 Å². The number of sulfone groups is 1. The molecule has 2 rings (SSSR count). The summed E-state index contributed by atoms with van der Waals surface area (Å²) in [5.41, 5.74) is -5.59. The number of rotatable bonds is 2. The number of hydrogen-bond donors (Lipinski definition) is 0. The Bertz CT molecular complexity index is 793. The van der Waals surface area contributed by atoms with Gasteiger partial charge in [-0.15, -0.1) is 0 Å². The maximum absolute atomic E-state index is 12.2. The van der Waals surface area contributed by atoms with E-state index in [1.165, 1.54) is 13.8 Å². The highest BCUT2D eigenvalue weighted by Gasteiger charge is 2.49. The Hall–Kier alpha value is -1.49. The molecule has 0 N–H and O–H groups in total. The zero-order chi connectivity index (χ0) is 16.3. The zero-order valence-electron chi connectivity index (χ0n) is 10.6. The van der Waals surface area contributed by atoms with Gasteiger partial charge in [-0.25, -0.2) is 8.42 Å². The number of hydrogen-bond acceptors (Lipinski definition) is 6. The molecule has 1 heterocycles. The number of halogens is 3. The Kier molecular flexibility index (Phi) is 3.22. The molecule has 0 saturated carbocycles. The molecular formula is C10H9F3O6S2. The lowest BCUT2D eigenvalue weighted by molar-refractivity contribution is -0.0500. The van der Waals surface area contributed by atoms with Crippen molar-refractivity contribution in [2.45, 2.75) is 29.2 Å². The van der Waals surface area contributed by atoms with Gasteiger partial charge in [-0.3, -0.25) is 0 Å². The molecule has 1 aliphatic heterocycles. The summed E-state index contributed by atoms with van der Waals surface area (Å²) in [4.78, 5) is -1.85. The van der Waals surface area contributed by atoms with Crippen molar-refractivity contribution >= 4 is 20.0 Å². The van der Waals surface area contributed by atoms with Crippen molar-refractivity contribution in [1.29, 1.82) is 0 Å².